The number of aryl methyl sites for hydroxylation is 1. The number of halogens is 6. The normalized spacial score (nSPS) is 12.5. The summed E-state index contributed by atoms with van der Waals surface area (Å²) < 4.78 is 81.4. The molecule has 0 aliphatic carbocycles. The lowest BCUT2D eigenvalue weighted by Gasteiger charge is -2.32. The Labute approximate surface area is 243 Å². The van der Waals surface area contributed by atoms with E-state index in [0.717, 1.165) is 20.9 Å². The van der Waals surface area contributed by atoms with Crippen LogP contribution in [-0.4, -0.2) is 29.7 Å². The van der Waals surface area contributed by atoms with Gasteiger partial charge in [0.25, 0.3) is 0 Å². The molecule has 0 saturated heterocycles. The van der Waals surface area contributed by atoms with Crippen molar-refractivity contribution in [3.8, 4) is 21.7 Å². The Morgan fingerprint density at radius 1 is 0.881 bits per heavy atom. The predicted octanol–water partition coefficient (Wildman–Crippen LogP) is 8.30. The first-order valence-corrected chi connectivity index (χ1v) is 13.7. The first-order chi connectivity index (χ1) is 19.5. The molecule has 11 heteroatoms. The summed E-state index contributed by atoms with van der Waals surface area (Å²) in [5, 5.41) is 9.27. The summed E-state index contributed by atoms with van der Waals surface area (Å²) in [6.07, 6.45) is -8.12. The highest BCUT2D eigenvalue weighted by Crippen LogP contribution is 2.41. The van der Waals surface area contributed by atoms with Gasteiger partial charge in [0.1, 0.15) is 0 Å². The molecule has 0 aliphatic heterocycles. The highest BCUT2D eigenvalue weighted by molar-refractivity contribution is 7.15. The standard InChI is InChI=1S/C31H28F6N2O2S/c1-18-7-5-6-8-23(18)24-16-25(27-10-9-22(42-27)11-12-40)38-17-26(24)39(4)28(41)29(2,3)19-13-20(30(32,33)34)15-21(14-19)31(35,36)37/h5-10,13-17,40H,11-12H2,1-4H3. The number of hydrogen-bond donors (Lipinski definition) is 1. The van der Waals surface area contributed by atoms with E-state index in [2.05, 4.69) is 4.98 Å². The number of anilines is 1. The fourth-order valence-electron chi connectivity index (χ4n) is 4.67. The van der Waals surface area contributed by atoms with E-state index in [1.807, 2.05) is 43.3 Å². The molecule has 0 spiro atoms. The number of hydrogen-bond acceptors (Lipinski definition) is 4. The molecule has 2 heterocycles. The van der Waals surface area contributed by atoms with E-state index >= 15 is 0 Å². The van der Waals surface area contributed by atoms with Gasteiger partial charge in [-0.1, -0.05) is 24.3 Å². The summed E-state index contributed by atoms with van der Waals surface area (Å²) in [5.41, 5.74) is -1.95. The summed E-state index contributed by atoms with van der Waals surface area (Å²) in [6, 6.07) is 14.2. The van der Waals surface area contributed by atoms with Crippen molar-refractivity contribution >= 4 is 22.9 Å². The molecule has 0 fully saturated rings. The first kappa shape index (κ1) is 31.2. The summed E-state index contributed by atoms with van der Waals surface area (Å²) in [5.74, 6) is -0.722. The third kappa shape index (κ3) is 6.37. The zero-order valence-electron chi connectivity index (χ0n) is 23.2. The van der Waals surface area contributed by atoms with E-state index in [-0.39, 0.29) is 12.7 Å². The number of rotatable bonds is 7. The van der Waals surface area contributed by atoms with Crippen LogP contribution in [0.5, 0.6) is 0 Å². The monoisotopic (exact) mass is 606 g/mol. The van der Waals surface area contributed by atoms with Gasteiger partial charge in [-0.3, -0.25) is 9.78 Å². The van der Waals surface area contributed by atoms with E-state index in [1.54, 1.807) is 6.07 Å². The highest BCUT2D eigenvalue weighted by atomic mass is 32.1. The van der Waals surface area contributed by atoms with Crippen LogP contribution in [0.25, 0.3) is 21.7 Å². The molecule has 4 aromatic rings. The number of aliphatic hydroxyl groups is 1. The minimum atomic E-state index is -5.04. The second-order valence-electron chi connectivity index (χ2n) is 10.4. The highest BCUT2D eigenvalue weighted by Gasteiger charge is 2.41. The van der Waals surface area contributed by atoms with Gasteiger partial charge < -0.3 is 10.0 Å². The molecule has 4 nitrogen and oxygen atoms in total. The van der Waals surface area contributed by atoms with E-state index in [0.29, 0.717) is 35.5 Å². The zero-order chi connectivity index (χ0) is 31.0. The second kappa shape index (κ2) is 11.5. The molecule has 4 rings (SSSR count). The lowest BCUT2D eigenvalue weighted by Crippen LogP contribution is -2.42. The third-order valence-corrected chi connectivity index (χ3v) is 8.27. The third-order valence-electron chi connectivity index (χ3n) is 7.10. The molecule has 0 radical (unpaired) electrons. The number of thiophene rings is 1. The van der Waals surface area contributed by atoms with Crippen molar-refractivity contribution in [2.24, 2.45) is 0 Å². The number of benzene rings is 2. The molecule has 2 aromatic heterocycles. The van der Waals surface area contributed by atoms with Crippen molar-refractivity contribution in [3.05, 3.63) is 94.0 Å². The Bertz CT molecular complexity index is 1580. The average molecular weight is 607 g/mol. The minimum Gasteiger partial charge on any atom is -0.396 e. The van der Waals surface area contributed by atoms with Crippen LogP contribution >= 0.6 is 11.3 Å². The summed E-state index contributed by atoms with van der Waals surface area (Å²) in [4.78, 5) is 21.5. The van der Waals surface area contributed by atoms with Gasteiger partial charge in [-0.2, -0.15) is 26.3 Å². The number of aliphatic hydroxyl groups excluding tert-OH is 1. The van der Waals surface area contributed by atoms with Crippen molar-refractivity contribution in [2.75, 3.05) is 18.6 Å². The maximum absolute atomic E-state index is 13.9. The molecule has 222 valence electrons. The number of carbonyl (C=O) groups excluding carboxylic acids is 1. The van der Waals surface area contributed by atoms with Crippen molar-refractivity contribution in [1.29, 1.82) is 0 Å². The van der Waals surface area contributed by atoms with Crippen LogP contribution in [0.15, 0.2) is 66.9 Å². The number of pyridine rings is 1. The van der Waals surface area contributed by atoms with Gasteiger partial charge in [-0.15, -0.1) is 11.3 Å². The first-order valence-electron chi connectivity index (χ1n) is 12.9. The van der Waals surface area contributed by atoms with Crippen LogP contribution < -0.4 is 4.90 Å². The van der Waals surface area contributed by atoms with Gasteiger partial charge >= 0.3 is 12.4 Å². The molecule has 0 saturated carbocycles. The van der Waals surface area contributed by atoms with Crippen molar-refractivity contribution in [2.45, 2.75) is 45.0 Å². The Kier molecular flexibility index (Phi) is 8.57. The lowest BCUT2D eigenvalue weighted by molar-refractivity contribution is -0.143. The molecule has 1 amide bonds. The minimum absolute atomic E-state index is 0.000185. The van der Waals surface area contributed by atoms with E-state index < -0.39 is 40.4 Å². The van der Waals surface area contributed by atoms with Crippen LogP contribution in [0.4, 0.5) is 32.0 Å². The van der Waals surface area contributed by atoms with Gasteiger partial charge in [-0.25, -0.2) is 0 Å². The van der Waals surface area contributed by atoms with Gasteiger partial charge in [0.2, 0.25) is 5.91 Å². The summed E-state index contributed by atoms with van der Waals surface area (Å²) in [7, 11) is 1.42. The Morgan fingerprint density at radius 2 is 1.48 bits per heavy atom. The predicted molar refractivity (Wildman–Crippen MR) is 151 cm³/mol. The van der Waals surface area contributed by atoms with Crippen LogP contribution in [0.3, 0.4) is 0 Å². The number of amides is 1. The van der Waals surface area contributed by atoms with Crippen LogP contribution in [0, 0.1) is 6.92 Å². The molecule has 1 N–H and O–H groups in total. The lowest BCUT2D eigenvalue weighted by atomic mass is 9.81. The topological polar surface area (TPSA) is 53.4 Å². The molecular weight excluding hydrogens is 578 g/mol. The molecule has 42 heavy (non-hydrogen) atoms. The Morgan fingerprint density at radius 3 is 2.05 bits per heavy atom. The van der Waals surface area contributed by atoms with Crippen molar-refractivity contribution in [1.82, 2.24) is 4.98 Å². The molecule has 0 atom stereocenters. The SMILES string of the molecule is Cc1ccccc1-c1cc(-c2ccc(CCO)s2)ncc1N(C)C(=O)C(C)(C)c1cc(C(F)(F)F)cc(C(F)(F)F)c1. The summed E-state index contributed by atoms with van der Waals surface area (Å²) >= 11 is 1.46. The number of alkyl halides is 6. The van der Waals surface area contributed by atoms with Crippen molar-refractivity contribution < 1.29 is 36.2 Å². The number of carbonyl (C=O) groups is 1. The van der Waals surface area contributed by atoms with Gasteiger partial charge in [0.15, 0.2) is 0 Å². The van der Waals surface area contributed by atoms with E-state index in [4.69, 9.17) is 0 Å². The summed E-state index contributed by atoms with van der Waals surface area (Å²) in [6.45, 7) is 4.48. The Balaban J connectivity index is 1.83. The zero-order valence-corrected chi connectivity index (χ0v) is 24.0. The molecule has 2 aromatic carbocycles. The maximum atomic E-state index is 13.9. The number of aromatic nitrogens is 1. The maximum Gasteiger partial charge on any atom is 0.416 e. The van der Waals surface area contributed by atoms with Gasteiger partial charge in [0.05, 0.1) is 39.0 Å². The molecule has 0 unspecified atom stereocenters. The largest absolute Gasteiger partial charge is 0.416 e. The van der Waals surface area contributed by atoms with Gasteiger partial charge in [0, 0.05) is 30.5 Å². The average Bonchev–Trinajstić information content (AvgIpc) is 3.40. The van der Waals surface area contributed by atoms with E-state index in [1.165, 1.54) is 43.3 Å². The quantitative estimate of drug-likeness (QED) is 0.215. The number of likely N-dealkylation sites (N-methyl/N-ethyl adjacent to an activating group) is 1. The van der Waals surface area contributed by atoms with Crippen molar-refractivity contribution in [3.63, 3.8) is 0 Å². The fourth-order valence-corrected chi connectivity index (χ4v) is 5.63. The van der Waals surface area contributed by atoms with E-state index in [9.17, 15) is 36.2 Å². The van der Waals surface area contributed by atoms with Crippen LogP contribution in [0.1, 0.15) is 41.0 Å². The molecular formula is C31H28F6N2O2S. The number of nitrogens with zero attached hydrogens (tertiary/aromatic N) is 2. The van der Waals surface area contributed by atoms with Crippen LogP contribution in [0.2, 0.25) is 0 Å². The molecule has 0 aliphatic rings. The second-order valence-corrected chi connectivity index (χ2v) is 11.6. The fraction of sp³-hybridized carbons (Fsp3) is 0.290. The van der Waals surface area contributed by atoms with Crippen LogP contribution in [-0.2, 0) is 29.0 Å². The smallest absolute Gasteiger partial charge is 0.396 e. The van der Waals surface area contributed by atoms with Gasteiger partial charge in [-0.05, 0) is 73.9 Å². The molecule has 0 bridgehead atoms. The Hall–Kier alpha value is -3.70.